The zero-order valence-corrected chi connectivity index (χ0v) is 14.2. The van der Waals surface area contributed by atoms with Crippen molar-refractivity contribution in [3.63, 3.8) is 0 Å². The number of nitrogens with one attached hydrogen (secondary N) is 2. The van der Waals surface area contributed by atoms with Crippen molar-refractivity contribution in [3.8, 4) is 0 Å². The van der Waals surface area contributed by atoms with Gasteiger partial charge in [-0.1, -0.05) is 30.3 Å². The summed E-state index contributed by atoms with van der Waals surface area (Å²) in [5.41, 5.74) is 5.34. The third-order valence-electron chi connectivity index (χ3n) is 4.56. The Morgan fingerprint density at radius 3 is 2.24 bits per heavy atom. The van der Waals surface area contributed by atoms with Crippen molar-refractivity contribution in [2.24, 2.45) is 0 Å². The number of thiocarbonyl (C=S) groups is 1. The van der Waals surface area contributed by atoms with Crippen LogP contribution in [0.4, 0.5) is 8.78 Å². The van der Waals surface area contributed by atoms with E-state index in [0.29, 0.717) is 5.11 Å². The number of rotatable bonds is 2. The first kappa shape index (κ1) is 16.0. The highest BCUT2D eigenvalue weighted by Gasteiger charge is 2.32. The first-order valence-corrected chi connectivity index (χ1v) is 8.53. The topological polar surface area (TPSA) is 24.1 Å². The van der Waals surface area contributed by atoms with Gasteiger partial charge in [-0.05, 0) is 66.0 Å². The molecule has 0 radical (unpaired) electrons. The van der Waals surface area contributed by atoms with Crippen LogP contribution in [0.25, 0.3) is 6.08 Å². The average molecular weight is 354 g/mol. The third-order valence-corrected chi connectivity index (χ3v) is 4.78. The number of halogens is 2. The van der Waals surface area contributed by atoms with Crippen LogP contribution in [0, 0.1) is 11.6 Å². The lowest BCUT2D eigenvalue weighted by Gasteiger charge is -2.30. The Morgan fingerprint density at radius 1 is 0.920 bits per heavy atom. The molecule has 1 aliphatic heterocycles. The van der Waals surface area contributed by atoms with Crippen molar-refractivity contribution in [1.82, 2.24) is 10.6 Å². The Labute approximate surface area is 150 Å². The second kappa shape index (κ2) is 6.41. The molecule has 1 aliphatic carbocycles. The van der Waals surface area contributed by atoms with E-state index in [2.05, 4.69) is 16.7 Å². The molecule has 2 nitrogen and oxygen atoms in total. The molecule has 25 heavy (non-hydrogen) atoms. The normalized spacial score (nSPS) is 21.1. The van der Waals surface area contributed by atoms with E-state index in [1.54, 1.807) is 24.3 Å². The maximum absolute atomic E-state index is 13.3. The summed E-state index contributed by atoms with van der Waals surface area (Å²) in [5, 5.41) is 7.11. The van der Waals surface area contributed by atoms with Crippen LogP contribution in [0.15, 0.2) is 65.4 Å². The zero-order valence-electron chi connectivity index (χ0n) is 13.4. The summed E-state index contributed by atoms with van der Waals surface area (Å²) in [6, 6.07) is 12.8. The SMILES string of the molecule is Fc1ccc(/C=C2/CCC3=C2[C@H](c2ccc(F)cc2)NC(=S)N3)cc1. The van der Waals surface area contributed by atoms with Gasteiger partial charge < -0.3 is 10.6 Å². The van der Waals surface area contributed by atoms with Crippen molar-refractivity contribution < 1.29 is 8.78 Å². The molecule has 0 saturated heterocycles. The highest BCUT2D eigenvalue weighted by molar-refractivity contribution is 7.80. The van der Waals surface area contributed by atoms with Gasteiger partial charge in [-0.15, -0.1) is 0 Å². The predicted octanol–water partition coefficient (Wildman–Crippen LogP) is 4.62. The molecule has 126 valence electrons. The molecule has 2 aromatic carbocycles. The van der Waals surface area contributed by atoms with Crippen molar-refractivity contribution in [2.75, 3.05) is 0 Å². The molecular weight excluding hydrogens is 338 g/mol. The van der Waals surface area contributed by atoms with E-state index < -0.39 is 0 Å². The predicted molar refractivity (Wildman–Crippen MR) is 98.6 cm³/mol. The van der Waals surface area contributed by atoms with Gasteiger partial charge in [0.2, 0.25) is 0 Å². The van der Waals surface area contributed by atoms with Crippen LogP contribution in [0.1, 0.15) is 30.0 Å². The molecule has 0 fully saturated rings. The van der Waals surface area contributed by atoms with E-state index in [9.17, 15) is 8.78 Å². The lowest BCUT2D eigenvalue weighted by Crippen LogP contribution is -2.42. The molecular formula is C20H16F2N2S. The van der Waals surface area contributed by atoms with Crippen LogP contribution >= 0.6 is 12.2 Å². The molecule has 4 rings (SSSR count). The van der Waals surface area contributed by atoms with Gasteiger partial charge in [-0.2, -0.15) is 0 Å². The quantitative estimate of drug-likeness (QED) is 0.770. The standard InChI is InChI=1S/C20H16F2N2S/c21-15-6-1-12(2-7-15)11-14-5-10-17-18(14)19(24-20(25)23-17)13-3-8-16(22)9-4-13/h1-4,6-9,11,19H,5,10H2,(H2,23,24,25)/b14-11-/t19-/m0/s1. The molecule has 0 amide bonds. The van der Waals surface area contributed by atoms with Crippen molar-refractivity contribution >= 4 is 23.4 Å². The molecule has 0 aromatic heterocycles. The van der Waals surface area contributed by atoms with Gasteiger partial charge in [0.05, 0.1) is 6.04 Å². The summed E-state index contributed by atoms with van der Waals surface area (Å²) >= 11 is 5.32. The molecule has 5 heteroatoms. The van der Waals surface area contributed by atoms with Crippen LogP contribution < -0.4 is 10.6 Å². The highest BCUT2D eigenvalue weighted by atomic mass is 32.1. The molecule has 1 atom stereocenters. The van der Waals surface area contributed by atoms with Crippen LogP contribution in [0.3, 0.4) is 0 Å². The molecule has 2 N–H and O–H groups in total. The molecule has 0 bridgehead atoms. The summed E-state index contributed by atoms with van der Waals surface area (Å²) in [7, 11) is 0. The minimum Gasteiger partial charge on any atom is -0.351 e. The smallest absolute Gasteiger partial charge is 0.171 e. The monoisotopic (exact) mass is 354 g/mol. The molecule has 1 heterocycles. The minimum atomic E-state index is -0.261. The van der Waals surface area contributed by atoms with Gasteiger partial charge in [0, 0.05) is 11.3 Å². The molecule has 2 aromatic rings. The largest absolute Gasteiger partial charge is 0.351 e. The van der Waals surface area contributed by atoms with E-state index in [1.165, 1.54) is 29.8 Å². The molecule has 0 unspecified atom stereocenters. The van der Waals surface area contributed by atoms with Gasteiger partial charge in [0.15, 0.2) is 5.11 Å². The Balaban J connectivity index is 1.75. The zero-order chi connectivity index (χ0) is 17.4. The van der Waals surface area contributed by atoms with Gasteiger partial charge in [-0.25, -0.2) is 8.78 Å². The number of hydrogen-bond donors (Lipinski definition) is 2. The first-order chi connectivity index (χ1) is 12.1. The molecule has 0 spiro atoms. The molecule has 2 aliphatic rings. The Hall–Kier alpha value is -2.53. The van der Waals surface area contributed by atoms with Gasteiger partial charge in [0.1, 0.15) is 11.6 Å². The van der Waals surface area contributed by atoms with Crippen LogP contribution in [0.2, 0.25) is 0 Å². The van der Waals surface area contributed by atoms with Crippen LogP contribution in [-0.4, -0.2) is 5.11 Å². The Kier molecular flexibility index (Phi) is 4.09. The lowest BCUT2D eigenvalue weighted by atomic mass is 9.92. The highest BCUT2D eigenvalue weighted by Crippen LogP contribution is 2.41. The minimum absolute atomic E-state index is 0.112. The summed E-state index contributed by atoms with van der Waals surface area (Å²) in [6.07, 6.45) is 3.84. The van der Waals surface area contributed by atoms with Crippen molar-refractivity contribution in [2.45, 2.75) is 18.9 Å². The van der Waals surface area contributed by atoms with E-state index in [4.69, 9.17) is 12.2 Å². The van der Waals surface area contributed by atoms with Gasteiger partial charge in [-0.3, -0.25) is 0 Å². The van der Waals surface area contributed by atoms with E-state index in [-0.39, 0.29) is 17.7 Å². The lowest BCUT2D eigenvalue weighted by molar-refractivity contribution is 0.624. The van der Waals surface area contributed by atoms with E-state index >= 15 is 0 Å². The maximum atomic E-state index is 13.3. The summed E-state index contributed by atoms with van der Waals surface area (Å²) in [5.74, 6) is -0.507. The second-order valence-corrected chi connectivity index (χ2v) is 6.60. The number of benzene rings is 2. The average Bonchev–Trinajstić information content (AvgIpc) is 2.99. The fourth-order valence-electron chi connectivity index (χ4n) is 3.40. The van der Waals surface area contributed by atoms with Gasteiger partial charge >= 0.3 is 0 Å². The van der Waals surface area contributed by atoms with Crippen molar-refractivity contribution in [1.29, 1.82) is 0 Å². The van der Waals surface area contributed by atoms with Crippen LogP contribution in [-0.2, 0) is 0 Å². The number of hydrogen-bond acceptors (Lipinski definition) is 1. The van der Waals surface area contributed by atoms with Crippen LogP contribution in [0.5, 0.6) is 0 Å². The summed E-state index contributed by atoms with van der Waals surface area (Å²) in [6.45, 7) is 0. The summed E-state index contributed by atoms with van der Waals surface area (Å²) < 4.78 is 26.4. The summed E-state index contributed by atoms with van der Waals surface area (Å²) in [4.78, 5) is 0. The fourth-order valence-corrected chi connectivity index (χ4v) is 3.65. The first-order valence-electron chi connectivity index (χ1n) is 8.13. The molecule has 0 saturated carbocycles. The number of allylic oxidation sites excluding steroid dienone is 1. The second-order valence-electron chi connectivity index (χ2n) is 6.20. The maximum Gasteiger partial charge on any atom is 0.171 e. The van der Waals surface area contributed by atoms with Gasteiger partial charge in [0.25, 0.3) is 0 Å². The Morgan fingerprint density at radius 2 is 1.56 bits per heavy atom. The Bertz CT molecular complexity index is 883. The van der Waals surface area contributed by atoms with Crippen molar-refractivity contribution in [3.05, 3.63) is 88.1 Å². The fraction of sp³-hybridized carbons (Fsp3) is 0.150. The van der Waals surface area contributed by atoms with E-state index in [0.717, 1.165) is 35.2 Å². The van der Waals surface area contributed by atoms with E-state index in [1.807, 2.05) is 0 Å². The third kappa shape index (κ3) is 3.20.